The zero-order valence-corrected chi connectivity index (χ0v) is 14.5. The molecule has 2 fully saturated rings. The number of para-hydroxylation sites is 1. The van der Waals surface area contributed by atoms with Crippen molar-refractivity contribution in [2.75, 3.05) is 11.5 Å². The van der Waals surface area contributed by atoms with Crippen LogP contribution in [0.15, 0.2) is 28.7 Å². The van der Waals surface area contributed by atoms with Crippen LogP contribution in [0.5, 0.6) is 0 Å². The highest BCUT2D eigenvalue weighted by atomic mass is 32.2. The number of nitrogens with one attached hydrogen (secondary N) is 1. The Balaban J connectivity index is 1.40. The Morgan fingerprint density at radius 1 is 1.29 bits per heavy atom. The lowest BCUT2D eigenvalue weighted by Crippen LogP contribution is -2.31. The summed E-state index contributed by atoms with van der Waals surface area (Å²) in [5.41, 5.74) is 1.82. The van der Waals surface area contributed by atoms with E-state index >= 15 is 0 Å². The summed E-state index contributed by atoms with van der Waals surface area (Å²) in [7, 11) is -2.89. The molecule has 0 unspecified atom stereocenters. The minimum absolute atomic E-state index is 0.0224. The summed E-state index contributed by atoms with van der Waals surface area (Å²) in [4.78, 5) is 12.4. The first kappa shape index (κ1) is 15.7. The van der Waals surface area contributed by atoms with Gasteiger partial charge in [-0.15, -0.1) is 0 Å². The molecule has 1 aliphatic carbocycles. The molecule has 1 amide bonds. The first-order chi connectivity index (χ1) is 11.4. The molecule has 2 aromatic rings. The molecule has 1 spiro atoms. The first-order valence-electron chi connectivity index (χ1n) is 8.35. The van der Waals surface area contributed by atoms with Gasteiger partial charge in [0.2, 0.25) is 5.91 Å². The average molecular weight is 347 g/mol. The first-order valence-corrected chi connectivity index (χ1v) is 10.2. The average Bonchev–Trinajstić information content (AvgIpc) is 3.19. The number of fused-ring (bicyclic) bond motifs is 1. The molecular formula is C18H21NO4S. The minimum Gasteiger partial charge on any atom is -0.459 e. The zero-order chi connectivity index (χ0) is 16.9. The quantitative estimate of drug-likeness (QED) is 0.926. The zero-order valence-electron chi connectivity index (χ0n) is 13.7. The van der Waals surface area contributed by atoms with Crippen LogP contribution in [0, 0.1) is 18.3 Å². The highest BCUT2D eigenvalue weighted by molar-refractivity contribution is 7.91. The van der Waals surface area contributed by atoms with E-state index in [1.54, 1.807) is 0 Å². The van der Waals surface area contributed by atoms with Crippen molar-refractivity contribution in [2.45, 2.75) is 32.7 Å². The lowest BCUT2D eigenvalue weighted by Gasteiger charge is -2.22. The summed E-state index contributed by atoms with van der Waals surface area (Å²) in [6.45, 7) is 2.38. The second kappa shape index (κ2) is 5.34. The normalized spacial score (nSPS) is 24.1. The topological polar surface area (TPSA) is 76.4 Å². The number of furan rings is 1. The molecule has 0 radical (unpaired) electrons. The van der Waals surface area contributed by atoms with Crippen LogP contribution in [0.2, 0.25) is 0 Å². The van der Waals surface area contributed by atoms with Crippen LogP contribution >= 0.6 is 0 Å². The molecule has 1 aliphatic heterocycles. The number of hydrogen-bond donors (Lipinski definition) is 1. The summed E-state index contributed by atoms with van der Waals surface area (Å²) in [5.74, 6) is 1.20. The van der Waals surface area contributed by atoms with Gasteiger partial charge in [0.05, 0.1) is 18.1 Å². The molecule has 1 N–H and O–H groups in total. The summed E-state index contributed by atoms with van der Waals surface area (Å²) >= 11 is 0. The van der Waals surface area contributed by atoms with Gasteiger partial charge in [-0.1, -0.05) is 18.2 Å². The third-order valence-electron chi connectivity index (χ3n) is 5.69. The standard InChI is InChI=1S/C18H21NO4S/c1-12-13-4-2-3-5-15(13)23-16(12)11-19-17(20)14-10-18(14)6-8-24(21,22)9-7-18/h2-5,14H,6-11H2,1H3,(H,19,20)/t14-/m1/s1. The Hall–Kier alpha value is -1.82. The Morgan fingerprint density at radius 2 is 2.00 bits per heavy atom. The van der Waals surface area contributed by atoms with Crippen molar-refractivity contribution < 1.29 is 17.6 Å². The smallest absolute Gasteiger partial charge is 0.224 e. The maximum absolute atomic E-state index is 12.4. The van der Waals surface area contributed by atoms with Crippen molar-refractivity contribution in [2.24, 2.45) is 11.3 Å². The van der Waals surface area contributed by atoms with Gasteiger partial charge in [0.25, 0.3) is 0 Å². The lowest BCUT2D eigenvalue weighted by atomic mass is 9.96. The third-order valence-corrected chi connectivity index (χ3v) is 7.35. The van der Waals surface area contributed by atoms with E-state index < -0.39 is 9.84 Å². The minimum atomic E-state index is -2.89. The summed E-state index contributed by atoms with van der Waals surface area (Å²) in [6.07, 6.45) is 2.06. The van der Waals surface area contributed by atoms with Crippen molar-refractivity contribution in [3.63, 3.8) is 0 Å². The number of carbonyl (C=O) groups is 1. The fourth-order valence-electron chi connectivity index (χ4n) is 3.90. The van der Waals surface area contributed by atoms with Gasteiger partial charge in [0, 0.05) is 16.9 Å². The van der Waals surface area contributed by atoms with E-state index in [-0.39, 0.29) is 28.7 Å². The van der Waals surface area contributed by atoms with Gasteiger partial charge < -0.3 is 9.73 Å². The van der Waals surface area contributed by atoms with Gasteiger partial charge in [-0.2, -0.15) is 0 Å². The van der Waals surface area contributed by atoms with Gasteiger partial charge in [-0.3, -0.25) is 4.79 Å². The van der Waals surface area contributed by atoms with Crippen molar-refractivity contribution in [1.82, 2.24) is 5.32 Å². The highest BCUT2D eigenvalue weighted by Crippen LogP contribution is 2.59. The molecule has 24 heavy (non-hydrogen) atoms. The number of sulfone groups is 1. The van der Waals surface area contributed by atoms with Crippen LogP contribution in [0.4, 0.5) is 0 Å². The molecule has 1 aromatic heterocycles. The lowest BCUT2D eigenvalue weighted by molar-refractivity contribution is -0.123. The van der Waals surface area contributed by atoms with Crippen LogP contribution in [0.1, 0.15) is 30.6 Å². The number of hydrogen-bond acceptors (Lipinski definition) is 4. The van der Waals surface area contributed by atoms with Crippen LogP contribution in [0.25, 0.3) is 11.0 Å². The third kappa shape index (κ3) is 2.62. The number of benzene rings is 1. The van der Waals surface area contributed by atoms with Crippen molar-refractivity contribution in [1.29, 1.82) is 0 Å². The molecule has 1 aromatic carbocycles. The number of aryl methyl sites for hydroxylation is 1. The fourth-order valence-corrected chi connectivity index (χ4v) is 5.54. The number of rotatable bonds is 3. The maximum atomic E-state index is 12.4. The van der Waals surface area contributed by atoms with E-state index in [9.17, 15) is 13.2 Å². The van der Waals surface area contributed by atoms with Crippen molar-refractivity contribution in [3.05, 3.63) is 35.6 Å². The van der Waals surface area contributed by atoms with Crippen LogP contribution in [-0.2, 0) is 21.2 Å². The van der Waals surface area contributed by atoms with E-state index in [1.807, 2.05) is 31.2 Å². The highest BCUT2D eigenvalue weighted by Gasteiger charge is 2.59. The summed E-state index contributed by atoms with van der Waals surface area (Å²) in [6, 6.07) is 7.83. The van der Waals surface area contributed by atoms with Gasteiger partial charge in [-0.05, 0) is 37.7 Å². The van der Waals surface area contributed by atoms with Crippen molar-refractivity contribution in [3.8, 4) is 0 Å². The predicted molar refractivity (Wildman–Crippen MR) is 91.2 cm³/mol. The van der Waals surface area contributed by atoms with E-state index in [0.29, 0.717) is 19.4 Å². The molecule has 2 aliphatic rings. The monoisotopic (exact) mass is 347 g/mol. The molecule has 128 valence electrons. The predicted octanol–water partition coefficient (Wildman–Crippen LogP) is 2.57. The van der Waals surface area contributed by atoms with Gasteiger partial charge in [0.1, 0.15) is 21.2 Å². The van der Waals surface area contributed by atoms with Crippen LogP contribution < -0.4 is 5.32 Å². The largest absolute Gasteiger partial charge is 0.459 e. The van der Waals surface area contributed by atoms with Gasteiger partial charge in [0.15, 0.2) is 0 Å². The van der Waals surface area contributed by atoms with E-state index in [2.05, 4.69) is 5.32 Å². The summed E-state index contributed by atoms with van der Waals surface area (Å²) in [5, 5.41) is 4.04. The molecule has 1 saturated carbocycles. The van der Waals surface area contributed by atoms with Crippen LogP contribution in [0.3, 0.4) is 0 Å². The van der Waals surface area contributed by atoms with Crippen LogP contribution in [-0.4, -0.2) is 25.8 Å². The second-order valence-corrected chi connectivity index (χ2v) is 9.44. The maximum Gasteiger partial charge on any atom is 0.224 e. The second-order valence-electron chi connectivity index (χ2n) is 7.14. The number of carbonyl (C=O) groups excluding carboxylic acids is 1. The van der Waals surface area contributed by atoms with Crippen molar-refractivity contribution >= 4 is 26.7 Å². The Morgan fingerprint density at radius 3 is 2.71 bits per heavy atom. The Labute approximate surface area is 141 Å². The fraction of sp³-hybridized carbons (Fsp3) is 0.500. The molecule has 6 heteroatoms. The molecule has 2 heterocycles. The van der Waals surface area contributed by atoms with Gasteiger partial charge in [-0.25, -0.2) is 8.42 Å². The van der Waals surface area contributed by atoms with E-state index in [1.165, 1.54) is 0 Å². The molecular weight excluding hydrogens is 326 g/mol. The SMILES string of the molecule is Cc1c(CNC(=O)[C@H]2CC23CCS(=O)(=O)CC3)oc2ccccc12. The molecule has 5 nitrogen and oxygen atoms in total. The molecule has 0 bridgehead atoms. The Bertz CT molecular complexity index is 898. The van der Waals surface area contributed by atoms with E-state index in [0.717, 1.165) is 28.7 Å². The molecule has 1 atom stereocenters. The molecule has 1 saturated heterocycles. The van der Waals surface area contributed by atoms with E-state index in [4.69, 9.17) is 4.42 Å². The Kier molecular flexibility index (Phi) is 3.49. The summed E-state index contributed by atoms with van der Waals surface area (Å²) < 4.78 is 28.9. The molecule has 4 rings (SSSR count). The van der Waals surface area contributed by atoms with Gasteiger partial charge >= 0.3 is 0 Å². The number of amides is 1.